The SMILES string of the molecule is CCCCCCc1ccc(OCC2CCCCO2)cc1. The minimum atomic E-state index is 0.289. The average molecular weight is 276 g/mol. The van der Waals surface area contributed by atoms with E-state index in [0.29, 0.717) is 6.61 Å². The molecule has 0 amide bonds. The monoisotopic (exact) mass is 276 g/mol. The molecule has 1 fully saturated rings. The molecule has 0 aromatic heterocycles. The third kappa shape index (κ3) is 5.54. The van der Waals surface area contributed by atoms with E-state index in [4.69, 9.17) is 9.47 Å². The summed E-state index contributed by atoms with van der Waals surface area (Å²) in [7, 11) is 0. The van der Waals surface area contributed by atoms with E-state index in [9.17, 15) is 0 Å². The summed E-state index contributed by atoms with van der Waals surface area (Å²) >= 11 is 0. The molecule has 1 aliphatic rings. The van der Waals surface area contributed by atoms with Gasteiger partial charge < -0.3 is 9.47 Å². The minimum absolute atomic E-state index is 0.289. The van der Waals surface area contributed by atoms with Crippen LogP contribution in [-0.4, -0.2) is 19.3 Å². The van der Waals surface area contributed by atoms with Gasteiger partial charge in [0.25, 0.3) is 0 Å². The molecule has 1 aromatic carbocycles. The Morgan fingerprint density at radius 2 is 1.95 bits per heavy atom. The van der Waals surface area contributed by atoms with Crippen LogP contribution in [0.2, 0.25) is 0 Å². The molecule has 0 spiro atoms. The average Bonchev–Trinajstić information content (AvgIpc) is 2.52. The van der Waals surface area contributed by atoms with Gasteiger partial charge in [0.2, 0.25) is 0 Å². The Balaban J connectivity index is 1.68. The Morgan fingerprint density at radius 1 is 1.10 bits per heavy atom. The van der Waals surface area contributed by atoms with Crippen molar-refractivity contribution < 1.29 is 9.47 Å². The Morgan fingerprint density at radius 3 is 2.65 bits per heavy atom. The molecule has 1 saturated heterocycles. The van der Waals surface area contributed by atoms with Crippen molar-refractivity contribution in [3.8, 4) is 5.75 Å². The number of hydrogen-bond donors (Lipinski definition) is 0. The molecule has 0 aliphatic carbocycles. The van der Waals surface area contributed by atoms with Gasteiger partial charge in [0.05, 0.1) is 6.10 Å². The predicted molar refractivity (Wildman–Crippen MR) is 83.4 cm³/mol. The van der Waals surface area contributed by atoms with E-state index >= 15 is 0 Å². The second kappa shape index (κ2) is 9.02. The Hall–Kier alpha value is -1.02. The maximum atomic E-state index is 5.82. The summed E-state index contributed by atoms with van der Waals surface area (Å²) in [6.45, 7) is 3.84. The highest BCUT2D eigenvalue weighted by Gasteiger charge is 2.14. The molecule has 20 heavy (non-hydrogen) atoms. The van der Waals surface area contributed by atoms with Gasteiger partial charge in [0, 0.05) is 6.61 Å². The third-order valence-electron chi connectivity index (χ3n) is 3.95. The van der Waals surface area contributed by atoms with Crippen LogP contribution in [0.15, 0.2) is 24.3 Å². The normalized spacial score (nSPS) is 18.9. The Labute approximate surface area is 123 Å². The molecule has 1 heterocycles. The van der Waals surface area contributed by atoms with E-state index < -0.39 is 0 Å². The lowest BCUT2D eigenvalue weighted by molar-refractivity contribution is -0.0110. The van der Waals surface area contributed by atoms with Gasteiger partial charge >= 0.3 is 0 Å². The lowest BCUT2D eigenvalue weighted by atomic mass is 10.1. The summed E-state index contributed by atoms with van der Waals surface area (Å²) in [4.78, 5) is 0. The molecule has 2 nitrogen and oxygen atoms in total. The molecule has 1 atom stereocenters. The molecule has 1 aliphatic heterocycles. The van der Waals surface area contributed by atoms with Gasteiger partial charge in [-0.05, 0) is 49.8 Å². The number of aryl methyl sites for hydroxylation is 1. The summed E-state index contributed by atoms with van der Waals surface area (Å²) in [5.74, 6) is 0.969. The van der Waals surface area contributed by atoms with E-state index in [1.54, 1.807) is 0 Å². The molecular weight excluding hydrogens is 248 g/mol. The molecule has 0 saturated carbocycles. The number of rotatable bonds is 8. The quantitative estimate of drug-likeness (QED) is 0.637. The van der Waals surface area contributed by atoms with Gasteiger partial charge in [0.15, 0.2) is 0 Å². The van der Waals surface area contributed by atoms with E-state index in [-0.39, 0.29) is 6.10 Å². The van der Waals surface area contributed by atoms with Crippen LogP contribution in [0, 0.1) is 0 Å². The molecule has 1 aromatic rings. The summed E-state index contributed by atoms with van der Waals surface area (Å²) in [6, 6.07) is 8.59. The zero-order valence-electron chi connectivity index (χ0n) is 12.8. The maximum absolute atomic E-state index is 5.82. The zero-order valence-corrected chi connectivity index (χ0v) is 12.8. The second-order valence-corrected chi connectivity index (χ2v) is 5.75. The van der Waals surface area contributed by atoms with E-state index in [0.717, 1.165) is 18.8 Å². The van der Waals surface area contributed by atoms with Crippen molar-refractivity contribution in [2.24, 2.45) is 0 Å². The van der Waals surface area contributed by atoms with Crippen molar-refractivity contribution in [3.05, 3.63) is 29.8 Å². The smallest absolute Gasteiger partial charge is 0.119 e. The second-order valence-electron chi connectivity index (χ2n) is 5.75. The van der Waals surface area contributed by atoms with Crippen molar-refractivity contribution in [3.63, 3.8) is 0 Å². The molecule has 112 valence electrons. The third-order valence-corrected chi connectivity index (χ3v) is 3.95. The van der Waals surface area contributed by atoms with Crippen LogP contribution in [0.5, 0.6) is 5.75 Å². The fraction of sp³-hybridized carbons (Fsp3) is 0.667. The number of hydrogen-bond acceptors (Lipinski definition) is 2. The molecule has 2 rings (SSSR count). The number of unbranched alkanes of at least 4 members (excludes halogenated alkanes) is 3. The highest BCUT2D eigenvalue weighted by Crippen LogP contribution is 2.17. The van der Waals surface area contributed by atoms with Crippen molar-refractivity contribution in [2.45, 2.75) is 64.4 Å². The standard InChI is InChI=1S/C18H28O2/c1-2-3-4-5-8-16-10-12-17(13-11-16)20-15-18-9-6-7-14-19-18/h10-13,18H,2-9,14-15H2,1H3. The van der Waals surface area contributed by atoms with Gasteiger partial charge in [-0.3, -0.25) is 0 Å². The van der Waals surface area contributed by atoms with Crippen LogP contribution in [-0.2, 0) is 11.2 Å². The van der Waals surface area contributed by atoms with Crippen LogP contribution < -0.4 is 4.74 Å². The van der Waals surface area contributed by atoms with Gasteiger partial charge in [-0.15, -0.1) is 0 Å². The first-order valence-electron chi connectivity index (χ1n) is 8.22. The summed E-state index contributed by atoms with van der Waals surface area (Å²) in [5.41, 5.74) is 1.42. The van der Waals surface area contributed by atoms with Gasteiger partial charge in [-0.1, -0.05) is 38.3 Å². The Kier molecular flexibility index (Phi) is 6.93. The zero-order chi connectivity index (χ0) is 14.0. The van der Waals surface area contributed by atoms with Crippen LogP contribution in [0.4, 0.5) is 0 Å². The van der Waals surface area contributed by atoms with Crippen molar-refractivity contribution >= 4 is 0 Å². The van der Waals surface area contributed by atoms with Crippen molar-refractivity contribution in [2.75, 3.05) is 13.2 Å². The first kappa shape index (κ1) is 15.4. The van der Waals surface area contributed by atoms with Crippen molar-refractivity contribution in [1.29, 1.82) is 0 Å². The maximum Gasteiger partial charge on any atom is 0.119 e. The fourth-order valence-electron chi connectivity index (χ4n) is 2.64. The predicted octanol–water partition coefficient (Wildman–Crippen LogP) is 4.76. The summed E-state index contributed by atoms with van der Waals surface area (Å²) < 4.78 is 11.5. The molecule has 0 N–H and O–H groups in total. The van der Waals surface area contributed by atoms with Crippen LogP contribution in [0.1, 0.15) is 57.4 Å². The summed E-state index contributed by atoms with van der Waals surface area (Å²) in [5, 5.41) is 0. The van der Waals surface area contributed by atoms with E-state index in [1.807, 2.05) is 0 Å². The lowest BCUT2D eigenvalue weighted by Gasteiger charge is -2.22. The van der Waals surface area contributed by atoms with Crippen LogP contribution in [0.25, 0.3) is 0 Å². The van der Waals surface area contributed by atoms with Gasteiger partial charge in [0.1, 0.15) is 12.4 Å². The van der Waals surface area contributed by atoms with Gasteiger partial charge in [-0.25, -0.2) is 0 Å². The number of ether oxygens (including phenoxy) is 2. The molecule has 0 radical (unpaired) electrons. The molecule has 2 heteroatoms. The highest BCUT2D eigenvalue weighted by molar-refractivity contribution is 5.27. The minimum Gasteiger partial charge on any atom is -0.491 e. The van der Waals surface area contributed by atoms with E-state index in [1.165, 1.54) is 50.5 Å². The molecular formula is C18H28O2. The lowest BCUT2D eigenvalue weighted by Crippen LogP contribution is -2.25. The topological polar surface area (TPSA) is 18.5 Å². The fourth-order valence-corrected chi connectivity index (χ4v) is 2.64. The van der Waals surface area contributed by atoms with Crippen molar-refractivity contribution in [1.82, 2.24) is 0 Å². The highest BCUT2D eigenvalue weighted by atomic mass is 16.5. The van der Waals surface area contributed by atoms with Crippen LogP contribution in [0.3, 0.4) is 0 Å². The molecule has 0 bridgehead atoms. The summed E-state index contributed by atoms with van der Waals surface area (Å²) in [6.07, 6.45) is 10.4. The largest absolute Gasteiger partial charge is 0.491 e. The van der Waals surface area contributed by atoms with Crippen LogP contribution >= 0.6 is 0 Å². The first-order valence-corrected chi connectivity index (χ1v) is 8.22. The van der Waals surface area contributed by atoms with E-state index in [2.05, 4.69) is 31.2 Å². The van der Waals surface area contributed by atoms with Gasteiger partial charge in [-0.2, -0.15) is 0 Å². The first-order chi connectivity index (χ1) is 9.88. The Bertz CT molecular complexity index is 352. The molecule has 1 unspecified atom stereocenters. The number of benzene rings is 1.